The quantitative estimate of drug-likeness (QED) is 0.819. The van der Waals surface area contributed by atoms with Gasteiger partial charge in [0.05, 0.1) is 6.54 Å². The number of anilines is 1. The second-order valence-corrected chi connectivity index (χ2v) is 6.08. The van der Waals surface area contributed by atoms with Crippen LogP contribution in [-0.2, 0) is 14.4 Å². The first-order chi connectivity index (χ1) is 11.8. The van der Waals surface area contributed by atoms with Crippen molar-refractivity contribution in [2.75, 3.05) is 25.0 Å². The van der Waals surface area contributed by atoms with Gasteiger partial charge >= 0.3 is 0 Å². The number of rotatable bonds is 5. The van der Waals surface area contributed by atoms with Gasteiger partial charge in [-0.2, -0.15) is 0 Å². The van der Waals surface area contributed by atoms with Crippen LogP contribution in [-0.4, -0.2) is 48.8 Å². The predicted octanol–water partition coefficient (Wildman–Crippen LogP) is 1.39. The largest absolute Gasteiger partial charge is 0.343 e. The van der Waals surface area contributed by atoms with E-state index in [1.54, 1.807) is 17.9 Å². The molecule has 0 saturated carbocycles. The van der Waals surface area contributed by atoms with Crippen molar-refractivity contribution in [3.8, 4) is 0 Å². The molecule has 3 amide bonds. The molecule has 1 saturated heterocycles. The molecule has 0 radical (unpaired) electrons. The molecule has 0 aliphatic carbocycles. The van der Waals surface area contributed by atoms with Gasteiger partial charge in [0.1, 0.15) is 11.9 Å². The van der Waals surface area contributed by atoms with Crippen LogP contribution in [0.5, 0.6) is 0 Å². The zero-order valence-electron chi connectivity index (χ0n) is 14.4. The van der Waals surface area contributed by atoms with Crippen LogP contribution in [0, 0.1) is 12.7 Å². The highest BCUT2D eigenvalue weighted by Gasteiger charge is 2.31. The number of nitrogens with zero attached hydrogens (tertiary/aromatic N) is 2. The molecular formula is C18H22FN3O3. The molecule has 1 aromatic carbocycles. The van der Waals surface area contributed by atoms with E-state index in [0.717, 1.165) is 12.5 Å². The van der Waals surface area contributed by atoms with Crippen LogP contribution in [0.3, 0.4) is 0 Å². The van der Waals surface area contributed by atoms with Gasteiger partial charge in [-0.1, -0.05) is 6.58 Å². The summed E-state index contributed by atoms with van der Waals surface area (Å²) in [7, 11) is 1.49. The maximum Gasteiger partial charge on any atom is 0.249 e. The van der Waals surface area contributed by atoms with Crippen LogP contribution >= 0.6 is 0 Å². The fraction of sp³-hybridized carbons (Fsp3) is 0.389. The molecule has 1 heterocycles. The lowest BCUT2D eigenvalue weighted by Gasteiger charge is -2.33. The van der Waals surface area contributed by atoms with Crippen LogP contribution < -0.4 is 10.2 Å². The second kappa shape index (κ2) is 7.92. The zero-order valence-corrected chi connectivity index (χ0v) is 14.4. The topological polar surface area (TPSA) is 69.7 Å². The van der Waals surface area contributed by atoms with Gasteiger partial charge in [-0.3, -0.25) is 14.4 Å². The summed E-state index contributed by atoms with van der Waals surface area (Å²) in [6.07, 6.45) is 2.37. The molecular weight excluding hydrogens is 325 g/mol. The van der Waals surface area contributed by atoms with E-state index < -0.39 is 11.9 Å². The molecule has 0 bridgehead atoms. The summed E-state index contributed by atoms with van der Waals surface area (Å²) < 4.78 is 13.3. The highest BCUT2D eigenvalue weighted by molar-refractivity contribution is 6.01. The van der Waals surface area contributed by atoms with Crippen molar-refractivity contribution in [2.45, 2.75) is 25.8 Å². The fourth-order valence-electron chi connectivity index (χ4n) is 2.86. The number of nitrogens with one attached hydrogen (secondary N) is 1. The summed E-state index contributed by atoms with van der Waals surface area (Å²) in [5, 5.41) is 2.68. The van der Waals surface area contributed by atoms with Crippen LogP contribution in [0.4, 0.5) is 10.1 Å². The molecule has 1 atom stereocenters. The maximum absolute atomic E-state index is 13.3. The average molecular weight is 347 g/mol. The van der Waals surface area contributed by atoms with Gasteiger partial charge in [0.15, 0.2) is 0 Å². The highest BCUT2D eigenvalue weighted by atomic mass is 19.1. The van der Waals surface area contributed by atoms with E-state index >= 15 is 0 Å². The number of carbonyl (C=O) groups is 3. The number of hydrogen-bond donors (Lipinski definition) is 1. The Kier molecular flexibility index (Phi) is 5.90. The monoisotopic (exact) mass is 347 g/mol. The molecule has 1 aromatic rings. The summed E-state index contributed by atoms with van der Waals surface area (Å²) >= 11 is 0. The third-order valence-electron chi connectivity index (χ3n) is 4.16. The van der Waals surface area contributed by atoms with Crippen molar-refractivity contribution in [2.24, 2.45) is 0 Å². The first-order valence-electron chi connectivity index (χ1n) is 8.08. The van der Waals surface area contributed by atoms with Gasteiger partial charge in [0, 0.05) is 19.3 Å². The lowest BCUT2D eigenvalue weighted by Crippen LogP contribution is -2.54. The van der Waals surface area contributed by atoms with Crippen molar-refractivity contribution in [3.63, 3.8) is 0 Å². The maximum atomic E-state index is 13.3. The predicted molar refractivity (Wildman–Crippen MR) is 92.5 cm³/mol. The number of hydrogen-bond acceptors (Lipinski definition) is 3. The van der Waals surface area contributed by atoms with Crippen LogP contribution in [0.25, 0.3) is 0 Å². The number of halogens is 1. The van der Waals surface area contributed by atoms with E-state index in [1.807, 2.05) is 0 Å². The number of benzene rings is 1. The number of carbonyl (C=O) groups excluding carboxylic acids is 3. The van der Waals surface area contributed by atoms with Gasteiger partial charge < -0.3 is 15.1 Å². The zero-order chi connectivity index (χ0) is 18.6. The Bertz CT molecular complexity index is 705. The average Bonchev–Trinajstić information content (AvgIpc) is 2.56. The first kappa shape index (κ1) is 18.6. The molecule has 1 fully saturated rings. The summed E-state index contributed by atoms with van der Waals surface area (Å²) in [4.78, 5) is 39.0. The lowest BCUT2D eigenvalue weighted by atomic mass is 10.0. The molecule has 1 aliphatic rings. The van der Waals surface area contributed by atoms with E-state index in [-0.39, 0.29) is 24.2 Å². The Balaban J connectivity index is 2.05. The third kappa shape index (κ3) is 4.43. The smallest absolute Gasteiger partial charge is 0.249 e. The minimum Gasteiger partial charge on any atom is -0.343 e. The van der Waals surface area contributed by atoms with Gasteiger partial charge in [-0.25, -0.2) is 4.39 Å². The van der Waals surface area contributed by atoms with E-state index in [1.165, 1.54) is 24.1 Å². The van der Waals surface area contributed by atoms with E-state index in [0.29, 0.717) is 24.2 Å². The first-order valence-corrected chi connectivity index (χ1v) is 8.08. The molecule has 7 heteroatoms. The summed E-state index contributed by atoms with van der Waals surface area (Å²) in [5.41, 5.74) is 1.31. The summed E-state index contributed by atoms with van der Waals surface area (Å²) in [6, 6.07) is 3.61. The summed E-state index contributed by atoms with van der Waals surface area (Å²) in [5.74, 6) is -1.36. The Labute approximate surface area is 146 Å². The fourth-order valence-corrected chi connectivity index (χ4v) is 2.86. The Morgan fingerprint density at radius 3 is 2.84 bits per heavy atom. The third-order valence-corrected chi connectivity index (χ3v) is 4.16. The van der Waals surface area contributed by atoms with E-state index in [4.69, 9.17) is 0 Å². The van der Waals surface area contributed by atoms with Crippen LogP contribution in [0.15, 0.2) is 30.9 Å². The minimum atomic E-state index is -0.655. The van der Waals surface area contributed by atoms with Crippen molar-refractivity contribution in [3.05, 3.63) is 42.2 Å². The van der Waals surface area contributed by atoms with Crippen molar-refractivity contribution < 1.29 is 18.8 Å². The molecule has 25 heavy (non-hydrogen) atoms. The molecule has 6 nitrogen and oxygen atoms in total. The lowest BCUT2D eigenvalue weighted by molar-refractivity contribution is -0.133. The van der Waals surface area contributed by atoms with Gasteiger partial charge in [-0.15, -0.1) is 0 Å². The minimum absolute atomic E-state index is 0.149. The van der Waals surface area contributed by atoms with Gasteiger partial charge in [0.25, 0.3) is 0 Å². The van der Waals surface area contributed by atoms with E-state index in [9.17, 15) is 18.8 Å². The molecule has 1 N–H and O–H groups in total. The standard InChI is InChI=1S/C18H22FN3O3/c1-4-17(24)21(3)11-16(23)20-14-6-5-9-22(18(14)25)15-8-7-13(19)10-12(15)2/h4,7-8,10,14H,1,5-6,9,11H2,2-3H3,(H,20,23). The SMILES string of the molecule is C=CC(=O)N(C)CC(=O)NC1CCCN(c2ccc(F)cc2C)C1=O. The second-order valence-electron chi connectivity index (χ2n) is 6.08. The number of likely N-dealkylation sites (N-methyl/N-ethyl adjacent to an activating group) is 1. The van der Waals surface area contributed by atoms with Gasteiger partial charge in [0.2, 0.25) is 17.7 Å². The number of amides is 3. The van der Waals surface area contributed by atoms with Crippen molar-refractivity contribution >= 4 is 23.4 Å². The number of piperidine rings is 1. The highest BCUT2D eigenvalue weighted by Crippen LogP contribution is 2.25. The van der Waals surface area contributed by atoms with Crippen LogP contribution in [0.1, 0.15) is 18.4 Å². The molecule has 2 rings (SSSR count). The summed E-state index contributed by atoms with van der Waals surface area (Å²) in [6.45, 7) is 5.48. The Hall–Kier alpha value is -2.70. The van der Waals surface area contributed by atoms with Crippen molar-refractivity contribution in [1.82, 2.24) is 10.2 Å². The molecule has 0 spiro atoms. The normalized spacial score (nSPS) is 17.2. The van der Waals surface area contributed by atoms with Crippen molar-refractivity contribution in [1.29, 1.82) is 0 Å². The Morgan fingerprint density at radius 1 is 1.48 bits per heavy atom. The Morgan fingerprint density at radius 2 is 2.20 bits per heavy atom. The molecule has 1 aliphatic heterocycles. The van der Waals surface area contributed by atoms with Gasteiger partial charge in [-0.05, 0) is 49.6 Å². The molecule has 0 aromatic heterocycles. The molecule has 134 valence electrons. The van der Waals surface area contributed by atoms with E-state index in [2.05, 4.69) is 11.9 Å². The molecule has 1 unspecified atom stereocenters. The number of aryl methyl sites for hydroxylation is 1. The van der Waals surface area contributed by atoms with Crippen LogP contribution in [0.2, 0.25) is 0 Å².